The van der Waals surface area contributed by atoms with Crippen molar-refractivity contribution in [3.8, 4) is 16.9 Å². The molecule has 0 spiro atoms. The number of carbonyl (C=O) groups is 1. The van der Waals surface area contributed by atoms with E-state index in [0.717, 1.165) is 23.1 Å². The van der Waals surface area contributed by atoms with E-state index in [1.165, 1.54) is 7.11 Å². The average Bonchev–Trinajstić information content (AvgIpc) is 2.98. The number of hydrogen-bond donors (Lipinski definition) is 1. The highest BCUT2D eigenvalue weighted by molar-refractivity contribution is 6.32. The number of ether oxygens (including phenoxy) is 2. The van der Waals surface area contributed by atoms with E-state index in [0.29, 0.717) is 22.9 Å². The lowest BCUT2D eigenvalue weighted by Crippen LogP contribution is -2.24. The van der Waals surface area contributed by atoms with Gasteiger partial charge in [0, 0.05) is 18.5 Å². The van der Waals surface area contributed by atoms with Crippen molar-refractivity contribution in [3.63, 3.8) is 0 Å². The minimum Gasteiger partial charge on any atom is -0.487 e. The minimum atomic E-state index is -0.361. The normalized spacial score (nSPS) is 16.0. The monoisotopic (exact) mass is 317 g/mol. The van der Waals surface area contributed by atoms with Gasteiger partial charge in [-0.15, -0.1) is 0 Å². The molecule has 114 valence electrons. The summed E-state index contributed by atoms with van der Waals surface area (Å²) in [4.78, 5) is 11.7. The maximum Gasteiger partial charge on any atom is 0.337 e. The smallest absolute Gasteiger partial charge is 0.337 e. The van der Waals surface area contributed by atoms with E-state index in [4.69, 9.17) is 26.8 Å². The Bertz CT molecular complexity index is 730. The number of rotatable bonds is 3. The summed E-state index contributed by atoms with van der Waals surface area (Å²) in [6.45, 7) is 0.457. The molecule has 4 nitrogen and oxygen atoms in total. The summed E-state index contributed by atoms with van der Waals surface area (Å²) < 4.78 is 10.5. The summed E-state index contributed by atoms with van der Waals surface area (Å²) in [7, 11) is 1.37. The van der Waals surface area contributed by atoms with Crippen LogP contribution in [-0.4, -0.2) is 25.7 Å². The summed E-state index contributed by atoms with van der Waals surface area (Å²) in [6, 6.07) is 11.1. The Kier molecular flexibility index (Phi) is 4.05. The van der Waals surface area contributed by atoms with Crippen LogP contribution in [0.2, 0.25) is 5.02 Å². The number of esters is 1. The Morgan fingerprint density at radius 2 is 2.18 bits per heavy atom. The number of hydrogen-bond acceptors (Lipinski definition) is 4. The van der Waals surface area contributed by atoms with Crippen molar-refractivity contribution >= 4 is 17.6 Å². The van der Waals surface area contributed by atoms with E-state index >= 15 is 0 Å². The van der Waals surface area contributed by atoms with Crippen LogP contribution in [0, 0.1) is 0 Å². The Morgan fingerprint density at radius 3 is 2.91 bits per heavy atom. The number of carbonyl (C=O) groups excluding carboxylic acids is 1. The molecule has 1 atom stereocenters. The van der Waals surface area contributed by atoms with E-state index in [1.54, 1.807) is 12.1 Å². The second kappa shape index (κ2) is 5.99. The van der Waals surface area contributed by atoms with Crippen LogP contribution in [0.5, 0.6) is 5.75 Å². The summed E-state index contributed by atoms with van der Waals surface area (Å²) in [6.07, 6.45) is 0.722. The van der Waals surface area contributed by atoms with Gasteiger partial charge in [-0.1, -0.05) is 23.7 Å². The van der Waals surface area contributed by atoms with Crippen LogP contribution in [0.15, 0.2) is 36.4 Å². The molecule has 0 saturated carbocycles. The third kappa shape index (κ3) is 2.67. The summed E-state index contributed by atoms with van der Waals surface area (Å²) in [5, 5.41) is 0.562. The van der Waals surface area contributed by atoms with Crippen molar-refractivity contribution in [1.29, 1.82) is 0 Å². The zero-order chi connectivity index (χ0) is 15.7. The molecule has 0 saturated heterocycles. The van der Waals surface area contributed by atoms with Crippen LogP contribution in [0.1, 0.15) is 15.9 Å². The van der Waals surface area contributed by atoms with Gasteiger partial charge in [0.05, 0.1) is 17.7 Å². The molecular formula is C17H16ClNO3. The molecule has 1 unspecified atom stereocenters. The van der Waals surface area contributed by atoms with Crippen LogP contribution < -0.4 is 10.5 Å². The molecule has 1 aliphatic rings. The zero-order valence-electron chi connectivity index (χ0n) is 12.1. The van der Waals surface area contributed by atoms with Crippen molar-refractivity contribution in [2.75, 3.05) is 13.7 Å². The molecule has 0 radical (unpaired) electrons. The summed E-state index contributed by atoms with van der Waals surface area (Å²) >= 11 is 6.32. The van der Waals surface area contributed by atoms with Gasteiger partial charge in [-0.3, -0.25) is 0 Å². The van der Waals surface area contributed by atoms with Gasteiger partial charge in [-0.25, -0.2) is 4.79 Å². The molecule has 0 aliphatic carbocycles. The van der Waals surface area contributed by atoms with E-state index in [2.05, 4.69) is 0 Å². The minimum absolute atomic E-state index is 0.0239. The maximum absolute atomic E-state index is 11.7. The van der Waals surface area contributed by atoms with Crippen molar-refractivity contribution in [2.45, 2.75) is 12.5 Å². The van der Waals surface area contributed by atoms with Crippen LogP contribution in [-0.2, 0) is 11.2 Å². The molecule has 1 aliphatic heterocycles. The van der Waals surface area contributed by atoms with Crippen LogP contribution in [0.4, 0.5) is 0 Å². The zero-order valence-corrected chi connectivity index (χ0v) is 12.9. The SMILES string of the molecule is COC(=O)c1cccc(-c2cc(Cl)c3c(c2)CC(CN)O3)c1. The molecule has 1 heterocycles. The van der Waals surface area contributed by atoms with Gasteiger partial charge >= 0.3 is 5.97 Å². The molecule has 2 aromatic rings. The Morgan fingerprint density at radius 1 is 1.36 bits per heavy atom. The first-order valence-electron chi connectivity index (χ1n) is 7.00. The van der Waals surface area contributed by atoms with Gasteiger partial charge < -0.3 is 15.2 Å². The molecule has 3 rings (SSSR count). The lowest BCUT2D eigenvalue weighted by molar-refractivity contribution is 0.0601. The molecule has 0 aromatic heterocycles. The quantitative estimate of drug-likeness (QED) is 0.884. The average molecular weight is 318 g/mol. The Hall–Kier alpha value is -2.04. The maximum atomic E-state index is 11.7. The van der Waals surface area contributed by atoms with E-state index in [-0.39, 0.29) is 12.1 Å². The van der Waals surface area contributed by atoms with Gasteiger partial charge in [0.2, 0.25) is 0 Å². The van der Waals surface area contributed by atoms with E-state index in [9.17, 15) is 4.79 Å². The molecule has 0 amide bonds. The predicted octanol–water partition coefficient (Wildman–Crippen LogP) is 3.06. The standard InChI is InChI=1S/C17H16ClNO3/c1-21-17(20)11-4-2-3-10(5-11)12-6-13-7-14(9-19)22-16(13)15(18)8-12/h2-6,8,14H,7,9,19H2,1H3. The fourth-order valence-electron chi connectivity index (χ4n) is 2.63. The Balaban J connectivity index is 2.00. The topological polar surface area (TPSA) is 61.5 Å². The second-order valence-corrected chi connectivity index (χ2v) is 5.61. The number of fused-ring (bicyclic) bond motifs is 1. The molecule has 2 N–H and O–H groups in total. The van der Waals surface area contributed by atoms with Gasteiger partial charge in [0.25, 0.3) is 0 Å². The number of nitrogens with two attached hydrogens (primary N) is 1. The number of methoxy groups -OCH3 is 1. The highest BCUT2D eigenvalue weighted by Gasteiger charge is 2.25. The van der Waals surface area contributed by atoms with Crippen molar-refractivity contribution in [2.24, 2.45) is 5.73 Å². The molecule has 0 bridgehead atoms. The van der Waals surface area contributed by atoms with Gasteiger partial charge in [-0.05, 0) is 35.4 Å². The summed E-state index contributed by atoms with van der Waals surface area (Å²) in [5.74, 6) is 0.352. The highest BCUT2D eigenvalue weighted by atomic mass is 35.5. The first-order chi connectivity index (χ1) is 10.6. The summed E-state index contributed by atoms with van der Waals surface area (Å²) in [5.41, 5.74) is 9.06. The van der Waals surface area contributed by atoms with Crippen molar-refractivity contribution in [3.05, 3.63) is 52.5 Å². The first-order valence-corrected chi connectivity index (χ1v) is 7.38. The fourth-order valence-corrected chi connectivity index (χ4v) is 2.91. The Labute approximate surface area is 133 Å². The second-order valence-electron chi connectivity index (χ2n) is 5.20. The van der Waals surface area contributed by atoms with Gasteiger partial charge in [0.1, 0.15) is 11.9 Å². The lowest BCUT2D eigenvalue weighted by atomic mass is 9.99. The van der Waals surface area contributed by atoms with Crippen LogP contribution in [0.3, 0.4) is 0 Å². The molecule has 0 fully saturated rings. The van der Waals surface area contributed by atoms with Gasteiger partial charge in [0.15, 0.2) is 0 Å². The molecule has 2 aromatic carbocycles. The largest absolute Gasteiger partial charge is 0.487 e. The molecule has 5 heteroatoms. The highest BCUT2D eigenvalue weighted by Crippen LogP contribution is 2.39. The van der Waals surface area contributed by atoms with Crippen molar-refractivity contribution < 1.29 is 14.3 Å². The number of benzene rings is 2. The third-order valence-electron chi connectivity index (χ3n) is 3.73. The van der Waals surface area contributed by atoms with E-state index in [1.807, 2.05) is 24.3 Å². The van der Waals surface area contributed by atoms with E-state index < -0.39 is 0 Å². The molecular weight excluding hydrogens is 302 g/mol. The van der Waals surface area contributed by atoms with Crippen LogP contribution >= 0.6 is 11.6 Å². The fraction of sp³-hybridized carbons (Fsp3) is 0.235. The number of halogens is 1. The molecule has 22 heavy (non-hydrogen) atoms. The third-order valence-corrected chi connectivity index (χ3v) is 4.01. The first kappa shape index (κ1) is 14.9. The predicted molar refractivity (Wildman–Crippen MR) is 85.4 cm³/mol. The van der Waals surface area contributed by atoms with Crippen molar-refractivity contribution in [1.82, 2.24) is 0 Å². The lowest BCUT2D eigenvalue weighted by Gasteiger charge is -2.09. The van der Waals surface area contributed by atoms with Gasteiger partial charge in [-0.2, -0.15) is 0 Å². The van der Waals surface area contributed by atoms with Crippen LogP contribution in [0.25, 0.3) is 11.1 Å².